The number of nitrogens with zero attached hydrogens (tertiary/aromatic N) is 3. The van der Waals surface area contributed by atoms with Crippen LogP contribution in [0.1, 0.15) is 26.7 Å². The highest BCUT2D eigenvalue weighted by Crippen LogP contribution is 2.21. The van der Waals surface area contributed by atoms with E-state index in [0.29, 0.717) is 17.1 Å². The van der Waals surface area contributed by atoms with Crippen LogP contribution in [0.3, 0.4) is 0 Å². The van der Waals surface area contributed by atoms with E-state index in [1.54, 1.807) is 6.07 Å². The zero-order chi connectivity index (χ0) is 13.0. The van der Waals surface area contributed by atoms with Crippen molar-refractivity contribution < 1.29 is 0 Å². The molecule has 0 aliphatic carbocycles. The van der Waals surface area contributed by atoms with Gasteiger partial charge >= 0.3 is 0 Å². The molecular formula is C13H21ClN4. The van der Waals surface area contributed by atoms with E-state index in [4.69, 9.17) is 11.6 Å². The van der Waals surface area contributed by atoms with Gasteiger partial charge in [-0.05, 0) is 37.4 Å². The van der Waals surface area contributed by atoms with Crippen molar-refractivity contribution in [3.63, 3.8) is 0 Å². The minimum Gasteiger partial charge on any atom is -0.355 e. The van der Waals surface area contributed by atoms with Crippen LogP contribution in [0.15, 0.2) is 12.1 Å². The molecule has 2 heterocycles. The Labute approximate surface area is 114 Å². The van der Waals surface area contributed by atoms with E-state index in [1.165, 1.54) is 12.8 Å². The van der Waals surface area contributed by atoms with Crippen molar-refractivity contribution in [1.29, 1.82) is 0 Å². The van der Waals surface area contributed by atoms with Gasteiger partial charge in [-0.2, -0.15) is 0 Å². The predicted molar refractivity (Wildman–Crippen MR) is 75.1 cm³/mol. The van der Waals surface area contributed by atoms with Crippen LogP contribution >= 0.6 is 11.6 Å². The molecule has 0 amide bonds. The van der Waals surface area contributed by atoms with Crippen LogP contribution in [-0.2, 0) is 0 Å². The SMILES string of the molecule is CC(C)NCC1CCCN(c2ccc(Cl)nn2)C1. The van der Waals surface area contributed by atoms with Crippen molar-refractivity contribution in [2.75, 3.05) is 24.5 Å². The van der Waals surface area contributed by atoms with Gasteiger partial charge < -0.3 is 10.2 Å². The van der Waals surface area contributed by atoms with Gasteiger partial charge in [0, 0.05) is 19.1 Å². The highest BCUT2D eigenvalue weighted by molar-refractivity contribution is 6.29. The van der Waals surface area contributed by atoms with Crippen molar-refractivity contribution in [3.05, 3.63) is 17.3 Å². The standard InChI is InChI=1S/C13H21ClN4/c1-10(2)15-8-11-4-3-7-18(9-11)13-6-5-12(14)16-17-13/h5-6,10-11,15H,3-4,7-9H2,1-2H3. The molecule has 0 aromatic carbocycles. The molecule has 5 heteroatoms. The second-order valence-electron chi connectivity index (χ2n) is 5.23. The van der Waals surface area contributed by atoms with E-state index in [-0.39, 0.29) is 0 Å². The third-order valence-electron chi connectivity index (χ3n) is 3.28. The first kappa shape index (κ1) is 13.6. The summed E-state index contributed by atoms with van der Waals surface area (Å²) in [6.45, 7) is 7.57. The lowest BCUT2D eigenvalue weighted by Crippen LogP contribution is -2.41. The molecule has 1 fully saturated rings. The maximum absolute atomic E-state index is 5.76. The number of anilines is 1. The molecule has 0 bridgehead atoms. The van der Waals surface area contributed by atoms with Gasteiger partial charge in [0.25, 0.3) is 0 Å². The summed E-state index contributed by atoms with van der Waals surface area (Å²) in [4.78, 5) is 2.31. The summed E-state index contributed by atoms with van der Waals surface area (Å²) in [7, 11) is 0. The molecule has 100 valence electrons. The van der Waals surface area contributed by atoms with Gasteiger partial charge in [0.1, 0.15) is 0 Å². The summed E-state index contributed by atoms with van der Waals surface area (Å²) >= 11 is 5.76. The summed E-state index contributed by atoms with van der Waals surface area (Å²) in [6, 6.07) is 4.31. The maximum Gasteiger partial charge on any atom is 0.151 e. The van der Waals surface area contributed by atoms with Crippen LogP contribution in [0.5, 0.6) is 0 Å². The molecule has 1 saturated heterocycles. The molecule has 0 radical (unpaired) electrons. The number of halogens is 1. The van der Waals surface area contributed by atoms with E-state index in [2.05, 4.69) is 34.3 Å². The normalized spacial score (nSPS) is 20.4. The summed E-state index contributed by atoms with van der Waals surface area (Å²) in [5.41, 5.74) is 0. The number of hydrogen-bond donors (Lipinski definition) is 1. The summed E-state index contributed by atoms with van der Waals surface area (Å²) < 4.78 is 0. The molecule has 18 heavy (non-hydrogen) atoms. The largest absolute Gasteiger partial charge is 0.355 e. The fourth-order valence-electron chi connectivity index (χ4n) is 2.32. The smallest absolute Gasteiger partial charge is 0.151 e. The third-order valence-corrected chi connectivity index (χ3v) is 3.48. The number of piperidine rings is 1. The average Bonchev–Trinajstić information content (AvgIpc) is 2.37. The average molecular weight is 269 g/mol. The molecule has 1 atom stereocenters. The minimum absolute atomic E-state index is 0.453. The highest BCUT2D eigenvalue weighted by atomic mass is 35.5. The van der Waals surface area contributed by atoms with Gasteiger partial charge in [-0.25, -0.2) is 0 Å². The topological polar surface area (TPSA) is 41.0 Å². The Hall–Kier alpha value is -0.870. The molecule has 2 rings (SSSR count). The predicted octanol–water partition coefficient (Wildman–Crippen LogP) is 2.34. The Morgan fingerprint density at radius 3 is 2.94 bits per heavy atom. The van der Waals surface area contributed by atoms with Gasteiger partial charge in [0.05, 0.1) is 0 Å². The van der Waals surface area contributed by atoms with Gasteiger partial charge in [0.2, 0.25) is 0 Å². The lowest BCUT2D eigenvalue weighted by atomic mass is 9.98. The van der Waals surface area contributed by atoms with E-state index in [9.17, 15) is 0 Å². The Morgan fingerprint density at radius 2 is 2.28 bits per heavy atom. The molecule has 1 N–H and O–H groups in total. The Bertz CT molecular complexity index is 366. The van der Waals surface area contributed by atoms with Crippen molar-refractivity contribution in [2.24, 2.45) is 5.92 Å². The summed E-state index contributed by atoms with van der Waals surface area (Å²) in [5, 5.41) is 12.0. The Balaban J connectivity index is 1.91. The van der Waals surface area contributed by atoms with E-state index in [1.807, 2.05) is 6.07 Å². The second kappa shape index (κ2) is 6.34. The summed E-state index contributed by atoms with van der Waals surface area (Å²) in [6.07, 6.45) is 2.51. The molecule has 0 spiro atoms. The maximum atomic E-state index is 5.76. The number of hydrogen-bond acceptors (Lipinski definition) is 4. The molecule has 1 aliphatic heterocycles. The van der Waals surface area contributed by atoms with Crippen LogP contribution in [0, 0.1) is 5.92 Å². The van der Waals surface area contributed by atoms with Gasteiger partial charge in [-0.1, -0.05) is 25.4 Å². The lowest BCUT2D eigenvalue weighted by Gasteiger charge is -2.33. The Morgan fingerprint density at radius 1 is 1.44 bits per heavy atom. The van der Waals surface area contributed by atoms with Crippen LogP contribution < -0.4 is 10.2 Å². The van der Waals surface area contributed by atoms with Crippen molar-refractivity contribution in [3.8, 4) is 0 Å². The van der Waals surface area contributed by atoms with E-state index >= 15 is 0 Å². The van der Waals surface area contributed by atoms with Gasteiger partial charge in [0.15, 0.2) is 11.0 Å². The van der Waals surface area contributed by atoms with Gasteiger partial charge in [-0.3, -0.25) is 0 Å². The molecule has 4 nitrogen and oxygen atoms in total. The van der Waals surface area contributed by atoms with Crippen LogP contribution in [0.25, 0.3) is 0 Å². The molecule has 1 unspecified atom stereocenters. The number of nitrogens with one attached hydrogen (secondary N) is 1. The number of aromatic nitrogens is 2. The number of rotatable bonds is 4. The first-order valence-corrected chi connectivity index (χ1v) is 7.00. The van der Waals surface area contributed by atoms with Crippen LogP contribution in [-0.4, -0.2) is 35.9 Å². The first-order chi connectivity index (χ1) is 8.65. The molecular weight excluding hydrogens is 248 g/mol. The lowest BCUT2D eigenvalue weighted by molar-refractivity contribution is 0.378. The zero-order valence-corrected chi connectivity index (χ0v) is 11.8. The van der Waals surface area contributed by atoms with E-state index in [0.717, 1.165) is 25.5 Å². The van der Waals surface area contributed by atoms with E-state index < -0.39 is 0 Å². The monoisotopic (exact) mass is 268 g/mol. The highest BCUT2D eigenvalue weighted by Gasteiger charge is 2.21. The van der Waals surface area contributed by atoms with Crippen LogP contribution in [0.4, 0.5) is 5.82 Å². The third kappa shape index (κ3) is 3.82. The molecule has 1 aromatic rings. The fraction of sp³-hybridized carbons (Fsp3) is 0.692. The van der Waals surface area contributed by atoms with Crippen molar-refractivity contribution in [1.82, 2.24) is 15.5 Å². The summed E-state index contributed by atoms with van der Waals surface area (Å²) in [5.74, 6) is 1.63. The zero-order valence-electron chi connectivity index (χ0n) is 11.1. The molecule has 0 saturated carbocycles. The quantitative estimate of drug-likeness (QED) is 0.910. The van der Waals surface area contributed by atoms with Crippen molar-refractivity contribution >= 4 is 17.4 Å². The Kier molecular flexibility index (Phi) is 4.78. The van der Waals surface area contributed by atoms with Crippen molar-refractivity contribution in [2.45, 2.75) is 32.7 Å². The second-order valence-corrected chi connectivity index (χ2v) is 5.62. The fourth-order valence-corrected chi connectivity index (χ4v) is 2.42. The molecule has 1 aliphatic rings. The van der Waals surface area contributed by atoms with Crippen LogP contribution in [0.2, 0.25) is 5.15 Å². The first-order valence-electron chi connectivity index (χ1n) is 6.62. The molecule has 1 aromatic heterocycles. The minimum atomic E-state index is 0.453. The van der Waals surface area contributed by atoms with Gasteiger partial charge in [-0.15, -0.1) is 10.2 Å².